The van der Waals surface area contributed by atoms with E-state index in [4.69, 9.17) is 20.8 Å². The van der Waals surface area contributed by atoms with Crippen LogP contribution in [0.4, 0.5) is 0 Å². The highest BCUT2D eigenvalue weighted by atomic mass is 35.5. The molecule has 1 unspecified atom stereocenters. The fraction of sp³-hybridized carbons (Fsp3) is 0.200. The van der Waals surface area contributed by atoms with Crippen LogP contribution in [0, 0.1) is 0 Å². The Morgan fingerprint density at radius 1 is 1.23 bits per heavy atom. The van der Waals surface area contributed by atoms with Crippen molar-refractivity contribution in [1.82, 2.24) is 9.88 Å². The third-order valence-corrected chi connectivity index (χ3v) is 4.03. The Bertz CT molecular complexity index is 837. The molecule has 5 nitrogen and oxygen atoms in total. The van der Waals surface area contributed by atoms with E-state index in [9.17, 15) is 4.79 Å². The van der Waals surface area contributed by atoms with Crippen molar-refractivity contribution in [3.63, 3.8) is 0 Å². The Morgan fingerprint density at radius 2 is 2.12 bits per heavy atom. The number of amides is 1. The van der Waals surface area contributed by atoms with Crippen LogP contribution in [0.1, 0.15) is 18.2 Å². The number of furan rings is 1. The van der Waals surface area contributed by atoms with E-state index < -0.39 is 6.10 Å². The van der Waals surface area contributed by atoms with Gasteiger partial charge in [0.15, 0.2) is 6.10 Å². The first-order chi connectivity index (χ1) is 12.6. The molecule has 0 radical (unpaired) electrons. The molecule has 3 rings (SSSR count). The first-order valence-corrected chi connectivity index (χ1v) is 8.62. The fourth-order valence-electron chi connectivity index (χ4n) is 2.57. The number of carbonyl (C=O) groups excluding carboxylic acids is 1. The summed E-state index contributed by atoms with van der Waals surface area (Å²) < 4.78 is 11.2. The Balaban J connectivity index is 1.74. The molecule has 0 aliphatic rings. The molecule has 0 aliphatic carbocycles. The summed E-state index contributed by atoms with van der Waals surface area (Å²) in [4.78, 5) is 18.8. The van der Waals surface area contributed by atoms with Gasteiger partial charge in [-0.05, 0) is 48.9 Å². The van der Waals surface area contributed by atoms with Gasteiger partial charge in [-0.3, -0.25) is 9.78 Å². The molecule has 134 valence electrons. The summed E-state index contributed by atoms with van der Waals surface area (Å²) in [5.74, 6) is 1.11. The third kappa shape index (κ3) is 4.86. The second-order valence-corrected chi connectivity index (χ2v) is 6.29. The van der Waals surface area contributed by atoms with Crippen LogP contribution in [-0.2, 0) is 17.9 Å². The number of halogens is 1. The monoisotopic (exact) mass is 370 g/mol. The van der Waals surface area contributed by atoms with Gasteiger partial charge in [-0.15, -0.1) is 0 Å². The van der Waals surface area contributed by atoms with Crippen molar-refractivity contribution in [2.75, 3.05) is 0 Å². The lowest BCUT2D eigenvalue weighted by Crippen LogP contribution is -2.39. The molecule has 0 spiro atoms. The van der Waals surface area contributed by atoms with Crippen molar-refractivity contribution in [2.45, 2.75) is 26.1 Å². The van der Waals surface area contributed by atoms with Crippen molar-refractivity contribution >= 4 is 17.5 Å². The van der Waals surface area contributed by atoms with Gasteiger partial charge in [-0.1, -0.05) is 23.7 Å². The molecule has 0 N–H and O–H groups in total. The number of carbonyl (C=O) groups is 1. The first-order valence-electron chi connectivity index (χ1n) is 8.24. The summed E-state index contributed by atoms with van der Waals surface area (Å²) in [5, 5.41) is 0.560. The number of ether oxygens (including phenoxy) is 1. The van der Waals surface area contributed by atoms with Gasteiger partial charge in [-0.2, -0.15) is 0 Å². The molecule has 2 aromatic heterocycles. The van der Waals surface area contributed by atoms with E-state index in [-0.39, 0.29) is 5.91 Å². The lowest BCUT2D eigenvalue weighted by atomic mass is 10.2. The highest BCUT2D eigenvalue weighted by Crippen LogP contribution is 2.20. The van der Waals surface area contributed by atoms with Gasteiger partial charge in [0.1, 0.15) is 11.5 Å². The van der Waals surface area contributed by atoms with E-state index in [2.05, 4.69) is 4.98 Å². The van der Waals surface area contributed by atoms with Gasteiger partial charge in [0, 0.05) is 24.0 Å². The summed E-state index contributed by atoms with van der Waals surface area (Å²) >= 11 is 5.98. The molecule has 0 saturated heterocycles. The average Bonchev–Trinajstić information content (AvgIpc) is 3.14. The van der Waals surface area contributed by atoms with E-state index in [1.54, 1.807) is 60.8 Å². The van der Waals surface area contributed by atoms with Gasteiger partial charge >= 0.3 is 0 Å². The average molecular weight is 371 g/mol. The molecular weight excluding hydrogens is 352 g/mol. The second kappa shape index (κ2) is 8.54. The van der Waals surface area contributed by atoms with E-state index >= 15 is 0 Å². The maximum atomic E-state index is 13.0. The lowest BCUT2D eigenvalue weighted by molar-refractivity contribution is -0.139. The minimum Gasteiger partial charge on any atom is -0.481 e. The minimum atomic E-state index is -0.667. The van der Waals surface area contributed by atoms with E-state index in [1.807, 2.05) is 18.2 Å². The zero-order valence-electron chi connectivity index (χ0n) is 14.3. The highest BCUT2D eigenvalue weighted by Gasteiger charge is 2.23. The van der Waals surface area contributed by atoms with Crippen LogP contribution in [0.3, 0.4) is 0 Å². The summed E-state index contributed by atoms with van der Waals surface area (Å²) in [7, 11) is 0. The number of aromatic nitrogens is 1. The van der Waals surface area contributed by atoms with E-state index in [0.29, 0.717) is 29.6 Å². The fourth-order valence-corrected chi connectivity index (χ4v) is 2.75. The third-order valence-electron chi connectivity index (χ3n) is 3.79. The molecule has 1 amide bonds. The zero-order valence-corrected chi connectivity index (χ0v) is 15.1. The Labute approximate surface area is 157 Å². The van der Waals surface area contributed by atoms with Crippen LogP contribution in [0.25, 0.3) is 0 Å². The van der Waals surface area contributed by atoms with Crippen LogP contribution in [0.5, 0.6) is 5.75 Å². The number of benzene rings is 1. The molecule has 0 aliphatic heterocycles. The van der Waals surface area contributed by atoms with Gasteiger partial charge in [0.2, 0.25) is 0 Å². The van der Waals surface area contributed by atoms with Crippen LogP contribution >= 0.6 is 11.6 Å². The Kier molecular flexibility index (Phi) is 5.92. The van der Waals surface area contributed by atoms with E-state index in [0.717, 1.165) is 5.56 Å². The van der Waals surface area contributed by atoms with Gasteiger partial charge in [0.25, 0.3) is 5.91 Å². The molecule has 0 saturated carbocycles. The largest absolute Gasteiger partial charge is 0.481 e. The Morgan fingerprint density at radius 3 is 2.81 bits per heavy atom. The highest BCUT2D eigenvalue weighted by molar-refractivity contribution is 6.30. The SMILES string of the molecule is CC(Oc1cccc(Cl)c1)C(=O)N(Cc1cccnc1)Cc1ccco1. The van der Waals surface area contributed by atoms with Crippen LogP contribution in [0.15, 0.2) is 71.6 Å². The molecule has 1 aromatic carbocycles. The van der Waals surface area contributed by atoms with Crippen molar-refractivity contribution < 1.29 is 13.9 Å². The predicted octanol–water partition coefficient (Wildman–Crippen LogP) is 4.32. The molecule has 26 heavy (non-hydrogen) atoms. The number of hydrogen-bond donors (Lipinski definition) is 0. The van der Waals surface area contributed by atoms with Gasteiger partial charge < -0.3 is 14.1 Å². The number of pyridine rings is 1. The zero-order chi connectivity index (χ0) is 18.4. The maximum Gasteiger partial charge on any atom is 0.264 e. The summed E-state index contributed by atoms with van der Waals surface area (Å²) in [6.07, 6.45) is 4.37. The molecule has 3 aromatic rings. The minimum absolute atomic E-state index is 0.148. The molecule has 6 heteroatoms. The predicted molar refractivity (Wildman–Crippen MR) is 98.7 cm³/mol. The van der Waals surface area contributed by atoms with Crippen molar-refractivity contribution in [2.24, 2.45) is 0 Å². The summed E-state index contributed by atoms with van der Waals surface area (Å²) in [6, 6.07) is 14.4. The van der Waals surface area contributed by atoms with Crippen molar-refractivity contribution in [3.8, 4) is 5.75 Å². The summed E-state index contributed by atoms with van der Waals surface area (Å²) in [6.45, 7) is 2.49. The van der Waals surface area contributed by atoms with Crippen molar-refractivity contribution in [3.05, 3.63) is 83.5 Å². The van der Waals surface area contributed by atoms with Gasteiger partial charge in [-0.25, -0.2) is 0 Å². The molecule has 0 fully saturated rings. The quantitative estimate of drug-likeness (QED) is 0.621. The standard InChI is InChI=1S/C20H19ClN2O3/c1-15(26-18-7-2-6-17(21)11-18)20(24)23(14-19-8-4-10-25-19)13-16-5-3-9-22-12-16/h2-12,15H,13-14H2,1H3. The molecule has 0 bridgehead atoms. The number of rotatable bonds is 7. The topological polar surface area (TPSA) is 55.6 Å². The maximum absolute atomic E-state index is 13.0. The van der Waals surface area contributed by atoms with Gasteiger partial charge in [0.05, 0.1) is 12.8 Å². The lowest BCUT2D eigenvalue weighted by Gasteiger charge is -2.25. The molecule has 1 atom stereocenters. The van der Waals surface area contributed by atoms with Crippen LogP contribution in [0.2, 0.25) is 5.02 Å². The Hall–Kier alpha value is -2.79. The smallest absolute Gasteiger partial charge is 0.264 e. The normalized spacial score (nSPS) is 11.8. The summed E-state index contributed by atoms with van der Waals surface area (Å²) in [5.41, 5.74) is 0.933. The van der Waals surface area contributed by atoms with Crippen LogP contribution in [-0.4, -0.2) is 21.9 Å². The number of nitrogens with zero attached hydrogens (tertiary/aromatic N) is 2. The van der Waals surface area contributed by atoms with E-state index in [1.165, 1.54) is 0 Å². The first kappa shape index (κ1) is 18.0. The molecule has 2 heterocycles. The van der Waals surface area contributed by atoms with Crippen LogP contribution < -0.4 is 4.74 Å². The second-order valence-electron chi connectivity index (χ2n) is 5.85. The van der Waals surface area contributed by atoms with Crippen molar-refractivity contribution in [1.29, 1.82) is 0 Å². The number of hydrogen-bond acceptors (Lipinski definition) is 4. The molecular formula is C20H19ClN2O3.